The van der Waals surface area contributed by atoms with Crippen LogP contribution >= 0.6 is 34.5 Å². The maximum absolute atomic E-state index is 12.8. The molecule has 0 saturated carbocycles. The van der Waals surface area contributed by atoms with Crippen LogP contribution in [0.4, 0.5) is 10.5 Å². The fourth-order valence-corrected chi connectivity index (χ4v) is 3.57. The molecule has 0 unspecified atom stereocenters. The zero-order valence-corrected chi connectivity index (χ0v) is 16.3. The predicted molar refractivity (Wildman–Crippen MR) is 110 cm³/mol. The second-order valence-electron chi connectivity index (χ2n) is 5.82. The van der Waals surface area contributed by atoms with Gasteiger partial charge in [-0.15, -0.1) is 0 Å². The Kier molecular flexibility index (Phi) is 6.56. The molecule has 134 valence electrons. The van der Waals surface area contributed by atoms with E-state index in [1.54, 1.807) is 34.4 Å². The topological polar surface area (TPSA) is 32.3 Å². The number of halogens is 2. The number of amides is 2. The number of anilines is 1. The first-order valence-electron chi connectivity index (χ1n) is 8.18. The van der Waals surface area contributed by atoms with E-state index in [-0.39, 0.29) is 6.03 Å². The van der Waals surface area contributed by atoms with Gasteiger partial charge >= 0.3 is 6.03 Å². The van der Waals surface area contributed by atoms with Crippen molar-refractivity contribution in [2.75, 3.05) is 11.9 Å². The molecule has 6 heteroatoms. The first-order chi connectivity index (χ1) is 12.6. The van der Waals surface area contributed by atoms with Gasteiger partial charge in [-0.3, -0.25) is 0 Å². The van der Waals surface area contributed by atoms with Gasteiger partial charge in [0.15, 0.2) is 0 Å². The van der Waals surface area contributed by atoms with Crippen LogP contribution in [0, 0.1) is 0 Å². The van der Waals surface area contributed by atoms with Gasteiger partial charge in [0.1, 0.15) is 0 Å². The van der Waals surface area contributed by atoms with Gasteiger partial charge in [0.25, 0.3) is 0 Å². The summed E-state index contributed by atoms with van der Waals surface area (Å²) in [7, 11) is 0. The average molecular weight is 405 g/mol. The monoisotopic (exact) mass is 404 g/mol. The van der Waals surface area contributed by atoms with E-state index in [0.29, 0.717) is 28.8 Å². The van der Waals surface area contributed by atoms with Gasteiger partial charge in [0.05, 0.1) is 15.7 Å². The number of nitrogens with zero attached hydrogens (tertiary/aromatic N) is 1. The molecule has 26 heavy (non-hydrogen) atoms. The van der Waals surface area contributed by atoms with Crippen LogP contribution < -0.4 is 5.32 Å². The second-order valence-corrected chi connectivity index (χ2v) is 7.39. The highest BCUT2D eigenvalue weighted by atomic mass is 35.5. The third-order valence-electron chi connectivity index (χ3n) is 3.95. The summed E-state index contributed by atoms with van der Waals surface area (Å²) in [5, 5.41) is 7.70. The molecule has 0 fully saturated rings. The molecule has 0 radical (unpaired) electrons. The van der Waals surface area contributed by atoms with Crippen LogP contribution in [0.3, 0.4) is 0 Å². The van der Waals surface area contributed by atoms with Gasteiger partial charge in [0, 0.05) is 13.1 Å². The van der Waals surface area contributed by atoms with E-state index in [0.717, 1.165) is 12.0 Å². The van der Waals surface area contributed by atoms with Gasteiger partial charge in [-0.2, -0.15) is 11.3 Å². The molecule has 3 nitrogen and oxygen atoms in total. The number of urea groups is 1. The molecule has 1 aromatic heterocycles. The fourth-order valence-electron chi connectivity index (χ4n) is 2.56. The molecule has 3 aromatic rings. The van der Waals surface area contributed by atoms with E-state index in [2.05, 4.69) is 22.8 Å². The van der Waals surface area contributed by atoms with Gasteiger partial charge in [0.2, 0.25) is 0 Å². The average Bonchev–Trinajstić information content (AvgIpc) is 3.16. The highest BCUT2D eigenvalue weighted by molar-refractivity contribution is 7.07. The summed E-state index contributed by atoms with van der Waals surface area (Å²) in [6.45, 7) is 1.14. The Balaban J connectivity index is 1.73. The number of benzene rings is 2. The van der Waals surface area contributed by atoms with E-state index in [1.807, 2.05) is 29.6 Å². The number of carbonyl (C=O) groups is 1. The summed E-state index contributed by atoms with van der Waals surface area (Å²) in [6.07, 6.45) is 0.779. The van der Waals surface area contributed by atoms with Crippen LogP contribution in [0.25, 0.3) is 0 Å². The van der Waals surface area contributed by atoms with Crippen LogP contribution in [0.5, 0.6) is 0 Å². The molecule has 0 atom stereocenters. The lowest BCUT2D eigenvalue weighted by Gasteiger charge is -2.23. The number of carbonyl (C=O) groups excluding carboxylic acids is 1. The predicted octanol–water partition coefficient (Wildman–Crippen LogP) is 6.33. The van der Waals surface area contributed by atoms with Crippen LogP contribution in [0.1, 0.15) is 11.1 Å². The van der Waals surface area contributed by atoms with E-state index in [1.165, 1.54) is 5.56 Å². The normalized spacial score (nSPS) is 10.5. The Morgan fingerprint density at radius 2 is 1.81 bits per heavy atom. The molecule has 0 aliphatic carbocycles. The number of hydrogen-bond donors (Lipinski definition) is 1. The van der Waals surface area contributed by atoms with Crippen molar-refractivity contribution in [2.45, 2.75) is 13.0 Å². The molecule has 3 rings (SSSR count). The molecule has 0 saturated heterocycles. The molecule has 2 aromatic carbocycles. The van der Waals surface area contributed by atoms with Crippen LogP contribution in [0.2, 0.25) is 10.0 Å². The van der Waals surface area contributed by atoms with Crippen molar-refractivity contribution in [1.29, 1.82) is 0 Å². The smallest absolute Gasteiger partial charge is 0.320 e. The van der Waals surface area contributed by atoms with Crippen molar-refractivity contribution < 1.29 is 4.79 Å². The quantitative estimate of drug-likeness (QED) is 0.511. The van der Waals surface area contributed by atoms with E-state index in [4.69, 9.17) is 23.2 Å². The summed E-state index contributed by atoms with van der Waals surface area (Å²) < 4.78 is 0. The standard InChI is InChI=1S/C20H18Cl2N2OS/c21-17-7-4-8-18(19(17)22)23-20(25)24(13-16-10-12-26-14-16)11-9-15-5-2-1-3-6-15/h1-8,10,12,14H,9,11,13H2,(H,23,25). The number of thiophene rings is 1. The van der Waals surface area contributed by atoms with E-state index < -0.39 is 0 Å². The molecule has 2 amide bonds. The van der Waals surface area contributed by atoms with E-state index >= 15 is 0 Å². The summed E-state index contributed by atoms with van der Waals surface area (Å²) >= 11 is 13.9. The van der Waals surface area contributed by atoms with Gasteiger partial charge in [-0.25, -0.2) is 4.79 Å². The van der Waals surface area contributed by atoms with Crippen molar-refractivity contribution in [3.8, 4) is 0 Å². The van der Waals surface area contributed by atoms with Crippen molar-refractivity contribution in [2.24, 2.45) is 0 Å². The first-order valence-corrected chi connectivity index (χ1v) is 9.88. The Morgan fingerprint density at radius 1 is 1.00 bits per heavy atom. The van der Waals surface area contributed by atoms with Crippen LogP contribution in [0.15, 0.2) is 65.4 Å². The highest BCUT2D eigenvalue weighted by Crippen LogP contribution is 2.29. The largest absolute Gasteiger partial charge is 0.322 e. The third-order valence-corrected chi connectivity index (χ3v) is 5.50. The highest BCUT2D eigenvalue weighted by Gasteiger charge is 2.16. The first kappa shape index (κ1) is 18.8. The van der Waals surface area contributed by atoms with Crippen molar-refractivity contribution in [1.82, 2.24) is 4.90 Å². The third kappa shape index (κ3) is 5.01. The minimum absolute atomic E-state index is 0.198. The maximum atomic E-state index is 12.8. The Labute approximate surface area is 167 Å². The number of rotatable bonds is 6. The van der Waals surface area contributed by atoms with Gasteiger partial charge in [-0.1, -0.05) is 59.6 Å². The minimum atomic E-state index is -0.198. The number of hydrogen-bond acceptors (Lipinski definition) is 2. The lowest BCUT2D eigenvalue weighted by Crippen LogP contribution is -2.36. The number of nitrogens with one attached hydrogen (secondary N) is 1. The summed E-state index contributed by atoms with van der Waals surface area (Å²) in [5.41, 5.74) is 2.81. The zero-order chi connectivity index (χ0) is 18.4. The van der Waals surface area contributed by atoms with Crippen LogP contribution in [-0.4, -0.2) is 17.5 Å². The van der Waals surface area contributed by atoms with Crippen molar-refractivity contribution in [3.05, 3.63) is 86.5 Å². The van der Waals surface area contributed by atoms with Crippen LogP contribution in [-0.2, 0) is 13.0 Å². The molecule has 0 spiro atoms. The van der Waals surface area contributed by atoms with Crippen molar-refractivity contribution in [3.63, 3.8) is 0 Å². The SMILES string of the molecule is O=C(Nc1cccc(Cl)c1Cl)N(CCc1ccccc1)Cc1ccsc1. The minimum Gasteiger partial charge on any atom is -0.320 e. The molecule has 0 aliphatic rings. The molecule has 0 bridgehead atoms. The summed E-state index contributed by atoms with van der Waals surface area (Å²) in [6, 6.07) is 17.1. The molecule has 1 N–H and O–H groups in total. The fraction of sp³-hybridized carbons (Fsp3) is 0.150. The lowest BCUT2D eigenvalue weighted by molar-refractivity contribution is 0.210. The summed E-state index contributed by atoms with van der Waals surface area (Å²) in [4.78, 5) is 14.6. The zero-order valence-electron chi connectivity index (χ0n) is 14.0. The molecule has 1 heterocycles. The summed E-state index contributed by atoms with van der Waals surface area (Å²) in [5.74, 6) is 0. The Morgan fingerprint density at radius 3 is 2.54 bits per heavy atom. The Hall–Kier alpha value is -2.01. The second kappa shape index (κ2) is 9.08. The molecular formula is C20H18Cl2N2OS. The lowest BCUT2D eigenvalue weighted by atomic mass is 10.1. The van der Waals surface area contributed by atoms with Gasteiger partial charge in [-0.05, 0) is 46.5 Å². The molecular weight excluding hydrogens is 387 g/mol. The van der Waals surface area contributed by atoms with Crippen molar-refractivity contribution >= 4 is 46.3 Å². The molecule has 0 aliphatic heterocycles. The van der Waals surface area contributed by atoms with E-state index in [9.17, 15) is 4.79 Å². The maximum Gasteiger partial charge on any atom is 0.322 e. The Bertz CT molecular complexity index is 854. The van der Waals surface area contributed by atoms with Gasteiger partial charge < -0.3 is 10.2 Å².